The number of ketones is 1. The molecule has 0 aliphatic rings. The van der Waals surface area contributed by atoms with Gasteiger partial charge in [-0.05, 0) is 25.3 Å². The van der Waals surface area contributed by atoms with E-state index < -0.39 is 18.2 Å². The van der Waals surface area contributed by atoms with Gasteiger partial charge in [-0.2, -0.15) is 0 Å². The van der Waals surface area contributed by atoms with Gasteiger partial charge in [0.2, 0.25) is 0 Å². The van der Waals surface area contributed by atoms with Crippen LogP contribution in [0.2, 0.25) is 0 Å². The fourth-order valence-corrected chi connectivity index (χ4v) is 1.99. The van der Waals surface area contributed by atoms with Crippen LogP contribution in [0, 0.1) is 0 Å². The van der Waals surface area contributed by atoms with E-state index in [0.29, 0.717) is 12.8 Å². The van der Waals surface area contributed by atoms with E-state index >= 15 is 0 Å². The van der Waals surface area contributed by atoms with E-state index in [4.69, 9.17) is 5.11 Å². The van der Waals surface area contributed by atoms with Gasteiger partial charge in [0, 0.05) is 12.8 Å². The summed E-state index contributed by atoms with van der Waals surface area (Å²) in [5.74, 6) is -0.786. The third-order valence-corrected chi connectivity index (χ3v) is 3.46. The van der Waals surface area contributed by atoms with Gasteiger partial charge < -0.3 is 15.3 Å². The summed E-state index contributed by atoms with van der Waals surface area (Å²) in [7, 11) is 0. The van der Waals surface area contributed by atoms with Crippen LogP contribution in [0.5, 0.6) is 0 Å². The van der Waals surface area contributed by atoms with Crippen molar-refractivity contribution in [3.05, 3.63) is 48.6 Å². The number of carboxylic acids is 1. The van der Waals surface area contributed by atoms with E-state index in [2.05, 4.69) is 6.92 Å². The molecule has 2 atom stereocenters. The molecule has 0 aliphatic heterocycles. The van der Waals surface area contributed by atoms with Crippen LogP contribution in [-0.4, -0.2) is 39.3 Å². The normalized spacial score (nSPS) is 14.8. The van der Waals surface area contributed by atoms with E-state index in [-0.39, 0.29) is 18.6 Å². The van der Waals surface area contributed by atoms with Crippen molar-refractivity contribution in [3.8, 4) is 0 Å². The Bertz CT molecular complexity index is 488. The first-order valence-corrected chi connectivity index (χ1v) is 8.76. The molecule has 0 heterocycles. The van der Waals surface area contributed by atoms with Crippen molar-refractivity contribution < 1.29 is 24.9 Å². The molecule has 0 aromatic heterocycles. The highest BCUT2D eigenvalue weighted by Gasteiger charge is 2.12. The highest BCUT2D eigenvalue weighted by molar-refractivity contribution is 5.89. The molecular formula is C20H30O5. The molecule has 0 radical (unpaired) electrons. The third-order valence-electron chi connectivity index (χ3n) is 3.46. The van der Waals surface area contributed by atoms with Gasteiger partial charge in [0.25, 0.3) is 0 Å². The Morgan fingerprint density at radius 3 is 2.16 bits per heavy atom. The fourth-order valence-electron chi connectivity index (χ4n) is 1.99. The summed E-state index contributed by atoms with van der Waals surface area (Å²) in [6.45, 7) is 2.10. The van der Waals surface area contributed by atoms with Crippen LogP contribution >= 0.6 is 0 Å². The number of carbonyl (C=O) groups excluding carboxylic acids is 1. The molecule has 3 N–H and O–H groups in total. The van der Waals surface area contributed by atoms with Crippen LogP contribution < -0.4 is 0 Å². The predicted molar refractivity (Wildman–Crippen MR) is 99.2 cm³/mol. The van der Waals surface area contributed by atoms with Crippen molar-refractivity contribution >= 4 is 11.8 Å². The van der Waals surface area contributed by atoms with Crippen molar-refractivity contribution in [3.63, 3.8) is 0 Å². The Kier molecular flexibility index (Phi) is 14.3. The van der Waals surface area contributed by atoms with E-state index in [0.717, 1.165) is 19.3 Å². The average molecular weight is 350 g/mol. The van der Waals surface area contributed by atoms with Gasteiger partial charge in [-0.15, -0.1) is 0 Å². The summed E-state index contributed by atoms with van der Waals surface area (Å²) in [4.78, 5) is 21.8. The molecule has 0 saturated heterocycles. The molecule has 140 valence electrons. The van der Waals surface area contributed by atoms with Crippen LogP contribution in [0.15, 0.2) is 48.6 Å². The second-order valence-corrected chi connectivity index (χ2v) is 5.78. The first kappa shape index (κ1) is 23.0. The first-order chi connectivity index (χ1) is 12.0. The lowest BCUT2D eigenvalue weighted by Crippen LogP contribution is -2.23. The Hall–Kier alpha value is -1.98. The first-order valence-electron chi connectivity index (χ1n) is 8.76. The highest BCUT2D eigenvalue weighted by atomic mass is 16.4. The third kappa shape index (κ3) is 15.3. The zero-order valence-electron chi connectivity index (χ0n) is 14.9. The molecule has 25 heavy (non-hydrogen) atoms. The minimum absolute atomic E-state index is 0.0210. The second-order valence-electron chi connectivity index (χ2n) is 5.78. The maximum atomic E-state index is 11.5. The van der Waals surface area contributed by atoms with Crippen LogP contribution in [-0.2, 0) is 9.59 Å². The Balaban J connectivity index is 3.99. The molecule has 0 aliphatic carbocycles. The Morgan fingerprint density at radius 2 is 1.52 bits per heavy atom. The standard InChI is InChI=1S/C20H30O5/c1-2-3-8-12-17(21)13-9-6-4-5-7-10-14-18(22)19(23)15-11-16-20(24)25/h4-7,9-10,13-14,18-19,22-23H,2-3,8,11-12,15-16H2,1H3,(H,24,25). The molecule has 0 aromatic rings. The quantitative estimate of drug-likeness (QED) is 0.254. The van der Waals surface area contributed by atoms with Gasteiger partial charge in [-0.1, -0.05) is 62.3 Å². The molecule has 0 bridgehead atoms. The average Bonchev–Trinajstić information content (AvgIpc) is 2.56. The van der Waals surface area contributed by atoms with Gasteiger partial charge >= 0.3 is 5.97 Å². The summed E-state index contributed by atoms with van der Waals surface area (Å²) in [6.07, 6.45) is 15.5. The maximum Gasteiger partial charge on any atom is 0.303 e. The van der Waals surface area contributed by atoms with Crippen molar-refractivity contribution in [1.82, 2.24) is 0 Å². The van der Waals surface area contributed by atoms with E-state index in [1.807, 2.05) is 0 Å². The van der Waals surface area contributed by atoms with Crippen LogP contribution in [0.3, 0.4) is 0 Å². The van der Waals surface area contributed by atoms with Crippen molar-refractivity contribution in [2.24, 2.45) is 0 Å². The van der Waals surface area contributed by atoms with E-state index in [1.165, 1.54) is 6.08 Å². The van der Waals surface area contributed by atoms with Crippen LogP contribution in [0.25, 0.3) is 0 Å². The zero-order valence-corrected chi connectivity index (χ0v) is 14.9. The molecule has 5 heteroatoms. The molecule has 0 saturated carbocycles. The molecule has 0 rings (SSSR count). The van der Waals surface area contributed by atoms with E-state index in [9.17, 15) is 19.8 Å². The van der Waals surface area contributed by atoms with Crippen LogP contribution in [0.4, 0.5) is 0 Å². The molecule has 0 amide bonds. The number of rotatable bonds is 14. The summed E-state index contributed by atoms with van der Waals surface area (Å²) in [5.41, 5.74) is 0. The summed E-state index contributed by atoms with van der Waals surface area (Å²) in [6, 6.07) is 0. The lowest BCUT2D eigenvalue weighted by Gasteiger charge is -2.13. The number of aliphatic hydroxyl groups is 2. The number of hydrogen-bond acceptors (Lipinski definition) is 4. The molecule has 5 nitrogen and oxygen atoms in total. The van der Waals surface area contributed by atoms with Crippen molar-refractivity contribution in [2.75, 3.05) is 0 Å². The molecule has 0 spiro atoms. The summed E-state index contributed by atoms with van der Waals surface area (Å²) < 4.78 is 0. The Labute approximate surface area is 150 Å². The Morgan fingerprint density at radius 1 is 0.880 bits per heavy atom. The maximum absolute atomic E-state index is 11.5. The predicted octanol–water partition coefficient (Wildman–Crippen LogP) is 3.34. The van der Waals surface area contributed by atoms with Gasteiger partial charge in [0.05, 0.1) is 12.2 Å². The highest BCUT2D eigenvalue weighted by Crippen LogP contribution is 2.06. The molecular weight excluding hydrogens is 320 g/mol. The van der Waals surface area contributed by atoms with Gasteiger partial charge in [-0.25, -0.2) is 0 Å². The number of unbranched alkanes of at least 4 members (excludes halogenated alkanes) is 2. The summed E-state index contributed by atoms with van der Waals surface area (Å²) in [5, 5.41) is 27.9. The topological polar surface area (TPSA) is 94.8 Å². The smallest absolute Gasteiger partial charge is 0.303 e. The van der Waals surface area contributed by atoms with Crippen molar-refractivity contribution in [1.29, 1.82) is 0 Å². The lowest BCUT2D eigenvalue weighted by molar-refractivity contribution is -0.137. The lowest BCUT2D eigenvalue weighted by atomic mass is 10.1. The largest absolute Gasteiger partial charge is 0.481 e. The summed E-state index contributed by atoms with van der Waals surface area (Å²) >= 11 is 0. The van der Waals surface area contributed by atoms with Gasteiger partial charge in [0.15, 0.2) is 5.78 Å². The minimum atomic E-state index is -1.02. The van der Waals surface area contributed by atoms with E-state index in [1.54, 1.807) is 42.5 Å². The number of aliphatic hydroxyl groups excluding tert-OH is 2. The van der Waals surface area contributed by atoms with Crippen LogP contribution in [0.1, 0.15) is 51.9 Å². The number of hydrogen-bond donors (Lipinski definition) is 3. The molecule has 0 fully saturated rings. The SMILES string of the molecule is CCCCCC(=O)C=CC=CC=CC=CC(O)C(O)CCCC(=O)O. The second kappa shape index (κ2) is 15.5. The number of aliphatic carboxylic acids is 1. The number of carbonyl (C=O) groups is 2. The van der Waals surface area contributed by atoms with Crippen molar-refractivity contribution in [2.45, 2.75) is 64.1 Å². The monoisotopic (exact) mass is 350 g/mol. The zero-order chi connectivity index (χ0) is 18.9. The molecule has 0 aromatic carbocycles. The van der Waals surface area contributed by atoms with Gasteiger partial charge in [0.1, 0.15) is 0 Å². The molecule has 2 unspecified atom stereocenters. The minimum Gasteiger partial charge on any atom is -0.481 e. The van der Waals surface area contributed by atoms with Gasteiger partial charge in [-0.3, -0.25) is 9.59 Å². The number of carboxylic acid groups (broad SMARTS) is 1. The fraction of sp³-hybridized carbons (Fsp3) is 0.500. The number of allylic oxidation sites excluding steroid dienone is 7.